The molecule has 0 spiro atoms. The summed E-state index contributed by atoms with van der Waals surface area (Å²) in [6.45, 7) is 5.09. The van der Waals surface area contributed by atoms with Crippen LogP contribution in [0, 0.1) is 0 Å². The van der Waals surface area contributed by atoms with Crippen LogP contribution in [0.4, 0.5) is 0 Å². The van der Waals surface area contributed by atoms with Gasteiger partial charge in [0.15, 0.2) is 5.79 Å². The maximum absolute atomic E-state index is 6.04. The molecular weight excluding hydrogens is 256 g/mol. The molecule has 3 aliphatic rings. The number of rotatable bonds is 4. The van der Waals surface area contributed by atoms with Gasteiger partial charge in [0.2, 0.25) is 5.79 Å². The first-order chi connectivity index (χ1) is 9.53. The summed E-state index contributed by atoms with van der Waals surface area (Å²) in [7, 11) is 0. The average molecular weight is 276 g/mol. The minimum absolute atomic E-state index is 0.0727. The predicted molar refractivity (Wildman–Crippen MR) is 71.9 cm³/mol. The topological polar surface area (TPSA) is 36.9 Å². The predicted octanol–water partition coefficient (Wildman–Crippen LogP) is 2.61. The summed E-state index contributed by atoms with van der Waals surface area (Å²) in [5.74, 6) is -1.01. The molecule has 3 fully saturated rings. The van der Waals surface area contributed by atoms with Crippen LogP contribution in [0.15, 0.2) is 30.3 Å². The summed E-state index contributed by atoms with van der Waals surface area (Å²) < 4.78 is 23.7. The van der Waals surface area contributed by atoms with Crippen LogP contribution in [-0.4, -0.2) is 29.9 Å². The quantitative estimate of drug-likeness (QED) is 0.847. The molecular formula is C16H20O4. The second-order valence-electron chi connectivity index (χ2n) is 6.47. The molecule has 0 radical (unpaired) electrons. The van der Waals surface area contributed by atoms with E-state index in [2.05, 4.69) is 12.1 Å². The minimum Gasteiger partial charge on any atom is -0.374 e. The Hall–Kier alpha value is -0.940. The van der Waals surface area contributed by atoms with Crippen molar-refractivity contribution in [1.29, 1.82) is 0 Å². The smallest absolute Gasteiger partial charge is 0.204 e. The van der Waals surface area contributed by atoms with Crippen LogP contribution in [0.3, 0.4) is 0 Å². The second kappa shape index (κ2) is 4.04. The molecule has 108 valence electrons. The Morgan fingerprint density at radius 3 is 2.75 bits per heavy atom. The van der Waals surface area contributed by atoms with Gasteiger partial charge in [-0.25, -0.2) is 0 Å². The largest absolute Gasteiger partial charge is 0.374 e. The van der Waals surface area contributed by atoms with Crippen LogP contribution in [0.1, 0.15) is 32.3 Å². The van der Waals surface area contributed by atoms with Gasteiger partial charge < -0.3 is 18.9 Å². The second-order valence-corrected chi connectivity index (χ2v) is 6.47. The SMILES string of the molecule is CC1(C)OC23C[C@]2(C[C@@H](COCc2ccccc2)O3)O1. The summed E-state index contributed by atoms with van der Waals surface area (Å²) in [5, 5.41) is 0. The van der Waals surface area contributed by atoms with E-state index in [0.29, 0.717) is 13.2 Å². The van der Waals surface area contributed by atoms with E-state index in [0.717, 1.165) is 12.8 Å². The van der Waals surface area contributed by atoms with E-state index < -0.39 is 11.6 Å². The molecule has 0 N–H and O–H groups in total. The van der Waals surface area contributed by atoms with Crippen LogP contribution in [0.25, 0.3) is 0 Å². The van der Waals surface area contributed by atoms with Crippen LogP contribution >= 0.6 is 0 Å². The zero-order chi connectivity index (χ0) is 13.8. The van der Waals surface area contributed by atoms with Crippen LogP contribution in [0.2, 0.25) is 0 Å². The first kappa shape index (κ1) is 12.8. The molecule has 4 rings (SSSR count). The van der Waals surface area contributed by atoms with E-state index in [1.807, 2.05) is 32.0 Å². The zero-order valence-electron chi connectivity index (χ0n) is 11.9. The normalized spacial score (nSPS) is 40.4. The zero-order valence-corrected chi connectivity index (χ0v) is 11.9. The molecule has 1 unspecified atom stereocenters. The van der Waals surface area contributed by atoms with E-state index in [1.165, 1.54) is 5.56 Å². The van der Waals surface area contributed by atoms with Crippen molar-refractivity contribution in [2.45, 2.75) is 56.6 Å². The minimum atomic E-state index is -0.520. The molecule has 1 aromatic rings. The van der Waals surface area contributed by atoms with Crippen molar-refractivity contribution < 1.29 is 18.9 Å². The lowest BCUT2D eigenvalue weighted by molar-refractivity contribution is -0.265. The molecule has 2 saturated heterocycles. The number of hydrogen-bond acceptors (Lipinski definition) is 4. The maximum atomic E-state index is 6.04. The van der Waals surface area contributed by atoms with Gasteiger partial charge >= 0.3 is 0 Å². The molecule has 0 aromatic heterocycles. The van der Waals surface area contributed by atoms with Crippen molar-refractivity contribution in [1.82, 2.24) is 0 Å². The van der Waals surface area contributed by atoms with E-state index in [4.69, 9.17) is 18.9 Å². The molecule has 2 heterocycles. The van der Waals surface area contributed by atoms with E-state index in [-0.39, 0.29) is 11.7 Å². The first-order valence-corrected chi connectivity index (χ1v) is 7.23. The van der Waals surface area contributed by atoms with Crippen molar-refractivity contribution >= 4 is 0 Å². The van der Waals surface area contributed by atoms with Crippen LogP contribution in [0.5, 0.6) is 0 Å². The van der Waals surface area contributed by atoms with Gasteiger partial charge in [0.25, 0.3) is 0 Å². The fraction of sp³-hybridized carbons (Fsp3) is 0.625. The highest BCUT2D eigenvalue weighted by atomic mass is 16.9. The van der Waals surface area contributed by atoms with Gasteiger partial charge in [0.05, 0.1) is 19.3 Å². The van der Waals surface area contributed by atoms with Gasteiger partial charge in [0.1, 0.15) is 5.60 Å². The lowest BCUT2D eigenvalue weighted by atomic mass is 10.1. The van der Waals surface area contributed by atoms with Gasteiger partial charge in [-0.05, 0) is 19.4 Å². The number of ether oxygens (including phenoxy) is 4. The Labute approximate surface area is 119 Å². The van der Waals surface area contributed by atoms with E-state index in [1.54, 1.807) is 0 Å². The fourth-order valence-corrected chi connectivity index (χ4v) is 3.56. The number of hydrogen-bond donors (Lipinski definition) is 0. The first-order valence-electron chi connectivity index (χ1n) is 7.23. The summed E-state index contributed by atoms with van der Waals surface area (Å²) in [4.78, 5) is 0. The van der Waals surface area contributed by atoms with Gasteiger partial charge in [-0.2, -0.15) is 0 Å². The van der Waals surface area contributed by atoms with Crippen molar-refractivity contribution in [3.8, 4) is 0 Å². The molecule has 1 aromatic carbocycles. The summed E-state index contributed by atoms with van der Waals surface area (Å²) in [6, 6.07) is 10.2. The van der Waals surface area contributed by atoms with Gasteiger partial charge in [-0.1, -0.05) is 30.3 Å². The Bertz CT molecular complexity index is 492. The molecule has 20 heavy (non-hydrogen) atoms. The van der Waals surface area contributed by atoms with Crippen molar-refractivity contribution in [3.05, 3.63) is 35.9 Å². The third-order valence-electron chi connectivity index (χ3n) is 4.27. The van der Waals surface area contributed by atoms with Crippen LogP contribution in [-0.2, 0) is 25.6 Å². The van der Waals surface area contributed by atoms with Crippen LogP contribution < -0.4 is 0 Å². The number of benzene rings is 1. The van der Waals surface area contributed by atoms with Crippen molar-refractivity contribution in [2.75, 3.05) is 6.61 Å². The molecule has 1 saturated carbocycles. The monoisotopic (exact) mass is 276 g/mol. The molecule has 1 aliphatic carbocycles. The van der Waals surface area contributed by atoms with Crippen molar-refractivity contribution in [2.24, 2.45) is 0 Å². The summed E-state index contributed by atoms with van der Waals surface area (Å²) in [5.41, 5.74) is 0.970. The highest BCUT2D eigenvalue weighted by molar-refractivity contribution is 5.24. The highest BCUT2D eigenvalue weighted by Crippen LogP contribution is 2.69. The molecule has 3 atom stereocenters. The Kier molecular flexibility index (Phi) is 2.58. The lowest BCUT2D eigenvalue weighted by Crippen LogP contribution is -2.33. The summed E-state index contributed by atoms with van der Waals surface area (Å²) in [6.07, 6.45) is 1.80. The Morgan fingerprint density at radius 2 is 2.00 bits per heavy atom. The fourth-order valence-electron chi connectivity index (χ4n) is 3.56. The summed E-state index contributed by atoms with van der Waals surface area (Å²) >= 11 is 0. The lowest BCUT2D eigenvalue weighted by Gasteiger charge is -2.27. The Balaban J connectivity index is 1.30. The molecule has 4 nitrogen and oxygen atoms in total. The van der Waals surface area contributed by atoms with Gasteiger partial charge in [-0.15, -0.1) is 0 Å². The van der Waals surface area contributed by atoms with E-state index in [9.17, 15) is 0 Å². The van der Waals surface area contributed by atoms with E-state index >= 15 is 0 Å². The molecule has 4 heteroatoms. The van der Waals surface area contributed by atoms with Crippen molar-refractivity contribution in [3.63, 3.8) is 0 Å². The van der Waals surface area contributed by atoms with Gasteiger partial charge in [0, 0.05) is 12.8 Å². The molecule has 0 bridgehead atoms. The standard InChI is InChI=1S/C16H20O4/c1-14(2)19-15-8-13(18-16(15,11-15)20-14)10-17-9-12-6-4-3-5-7-12/h3-7,13H,8-11H2,1-2H3/t13-,15-,16?/m0/s1. The highest BCUT2D eigenvalue weighted by Gasteiger charge is 2.83. The molecule has 2 aliphatic heterocycles. The Morgan fingerprint density at radius 1 is 1.20 bits per heavy atom. The molecule has 0 amide bonds. The third-order valence-corrected chi connectivity index (χ3v) is 4.27. The average Bonchev–Trinajstić information content (AvgIpc) is 2.73. The van der Waals surface area contributed by atoms with Gasteiger partial charge in [-0.3, -0.25) is 0 Å². The third kappa shape index (κ3) is 1.91. The maximum Gasteiger partial charge on any atom is 0.204 e.